The minimum absolute atomic E-state index is 0.331. The molecular formula is C13H12ClFOS. The van der Waals surface area contributed by atoms with Crippen molar-refractivity contribution in [2.45, 2.75) is 19.4 Å². The van der Waals surface area contributed by atoms with Crippen LogP contribution in [0.2, 0.25) is 4.34 Å². The lowest BCUT2D eigenvalue weighted by Crippen LogP contribution is -2.04. The molecule has 1 nitrogen and oxygen atoms in total. The molecule has 1 N–H and O–H groups in total. The SMILES string of the molecule is Cc1cccc(C(O)Cc2ccc(Cl)s2)c1F. The molecule has 1 heterocycles. The summed E-state index contributed by atoms with van der Waals surface area (Å²) in [5.41, 5.74) is 0.889. The Labute approximate surface area is 108 Å². The second kappa shape index (κ2) is 5.17. The maximum absolute atomic E-state index is 13.8. The second-order valence-electron chi connectivity index (χ2n) is 3.90. The van der Waals surface area contributed by atoms with E-state index in [1.165, 1.54) is 11.3 Å². The zero-order valence-corrected chi connectivity index (χ0v) is 10.9. The normalized spacial score (nSPS) is 12.7. The van der Waals surface area contributed by atoms with E-state index in [1.54, 1.807) is 31.2 Å². The van der Waals surface area contributed by atoms with E-state index in [9.17, 15) is 9.50 Å². The van der Waals surface area contributed by atoms with Crippen molar-refractivity contribution in [1.82, 2.24) is 0 Å². The van der Waals surface area contributed by atoms with Gasteiger partial charge in [-0.1, -0.05) is 29.8 Å². The van der Waals surface area contributed by atoms with Crippen LogP contribution in [-0.4, -0.2) is 5.11 Å². The third-order valence-corrected chi connectivity index (χ3v) is 3.86. The molecule has 0 saturated carbocycles. The van der Waals surface area contributed by atoms with Gasteiger partial charge < -0.3 is 5.11 Å². The smallest absolute Gasteiger partial charge is 0.131 e. The Bertz CT molecular complexity index is 524. The molecule has 0 aliphatic carbocycles. The van der Waals surface area contributed by atoms with Gasteiger partial charge in [0.05, 0.1) is 10.4 Å². The van der Waals surface area contributed by atoms with E-state index < -0.39 is 6.10 Å². The Balaban J connectivity index is 2.20. The average molecular weight is 271 g/mol. The molecule has 90 valence electrons. The Morgan fingerprint density at radius 3 is 2.76 bits per heavy atom. The highest BCUT2D eigenvalue weighted by atomic mass is 35.5. The molecule has 1 aromatic carbocycles. The maximum Gasteiger partial charge on any atom is 0.131 e. The quantitative estimate of drug-likeness (QED) is 0.889. The van der Waals surface area contributed by atoms with E-state index in [-0.39, 0.29) is 5.82 Å². The number of thiophene rings is 1. The van der Waals surface area contributed by atoms with Gasteiger partial charge in [-0.3, -0.25) is 0 Å². The Morgan fingerprint density at radius 1 is 1.35 bits per heavy atom. The lowest BCUT2D eigenvalue weighted by molar-refractivity contribution is 0.174. The van der Waals surface area contributed by atoms with Crippen molar-refractivity contribution in [2.75, 3.05) is 0 Å². The number of aliphatic hydroxyl groups excluding tert-OH is 1. The minimum Gasteiger partial charge on any atom is -0.388 e. The van der Waals surface area contributed by atoms with Gasteiger partial charge in [0.25, 0.3) is 0 Å². The first-order valence-corrected chi connectivity index (χ1v) is 6.44. The van der Waals surface area contributed by atoms with Crippen LogP contribution in [0.4, 0.5) is 4.39 Å². The number of benzene rings is 1. The average Bonchev–Trinajstić information content (AvgIpc) is 2.68. The molecule has 0 spiro atoms. The Kier molecular flexibility index (Phi) is 3.82. The monoisotopic (exact) mass is 270 g/mol. The van der Waals surface area contributed by atoms with Crippen molar-refractivity contribution in [3.8, 4) is 0 Å². The van der Waals surface area contributed by atoms with Crippen LogP contribution in [0.1, 0.15) is 22.1 Å². The van der Waals surface area contributed by atoms with Crippen LogP contribution in [0.3, 0.4) is 0 Å². The van der Waals surface area contributed by atoms with Gasteiger partial charge >= 0.3 is 0 Å². The predicted octanol–water partition coefficient (Wildman–Crippen LogP) is 4.13. The minimum atomic E-state index is -0.829. The summed E-state index contributed by atoms with van der Waals surface area (Å²) in [5.74, 6) is -0.331. The molecule has 0 amide bonds. The molecule has 1 aromatic heterocycles. The van der Waals surface area contributed by atoms with Crippen molar-refractivity contribution in [3.05, 3.63) is 56.5 Å². The fourth-order valence-corrected chi connectivity index (χ4v) is 2.81. The van der Waals surface area contributed by atoms with Gasteiger partial charge in [-0.15, -0.1) is 11.3 Å². The summed E-state index contributed by atoms with van der Waals surface area (Å²) in [4.78, 5) is 0.948. The van der Waals surface area contributed by atoms with Crippen molar-refractivity contribution >= 4 is 22.9 Å². The van der Waals surface area contributed by atoms with Crippen molar-refractivity contribution in [1.29, 1.82) is 0 Å². The molecule has 0 saturated heterocycles. The molecule has 1 unspecified atom stereocenters. The highest BCUT2D eigenvalue weighted by molar-refractivity contribution is 7.16. The lowest BCUT2D eigenvalue weighted by atomic mass is 10.0. The topological polar surface area (TPSA) is 20.2 Å². The molecule has 4 heteroatoms. The predicted molar refractivity (Wildman–Crippen MR) is 69.1 cm³/mol. The van der Waals surface area contributed by atoms with Crippen molar-refractivity contribution in [3.63, 3.8) is 0 Å². The summed E-state index contributed by atoms with van der Waals surface area (Å²) in [5, 5.41) is 10.0. The van der Waals surface area contributed by atoms with Gasteiger partial charge in [-0.25, -0.2) is 4.39 Å². The molecule has 1 atom stereocenters. The maximum atomic E-state index is 13.8. The van der Waals surface area contributed by atoms with E-state index in [0.717, 1.165) is 4.88 Å². The van der Waals surface area contributed by atoms with Gasteiger partial charge in [0.2, 0.25) is 0 Å². The first-order chi connectivity index (χ1) is 8.08. The zero-order valence-electron chi connectivity index (χ0n) is 9.28. The van der Waals surface area contributed by atoms with Crippen LogP contribution in [0.15, 0.2) is 30.3 Å². The highest BCUT2D eigenvalue weighted by Gasteiger charge is 2.15. The number of hydrogen-bond donors (Lipinski definition) is 1. The van der Waals surface area contributed by atoms with Gasteiger partial charge in [0.1, 0.15) is 5.82 Å². The van der Waals surface area contributed by atoms with Crippen LogP contribution in [0, 0.1) is 12.7 Å². The Morgan fingerprint density at radius 2 is 2.12 bits per heavy atom. The van der Waals surface area contributed by atoms with Crippen molar-refractivity contribution in [2.24, 2.45) is 0 Å². The summed E-state index contributed by atoms with van der Waals surface area (Å²) in [6, 6.07) is 8.68. The summed E-state index contributed by atoms with van der Waals surface area (Å²) in [6.07, 6.45) is -0.442. The van der Waals surface area contributed by atoms with Crippen LogP contribution < -0.4 is 0 Å². The summed E-state index contributed by atoms with van der Waals surface area (Å²) < 4.78 is 14.5. The first-order valence-electron chi connectivity index (χ1n) is 5.25. The van der Waals surface area contributed by atoms with E-state index in [1.807, 2.05) is 6.07 Å². The van der Waals surface area contributed by atoms with Gasteiger partial charge in [-0.2, -0.15) is 0 Å². The molecule has 2 rings (SSSR count). The summed E-state index contributed by atoms with van der Waals surface area (Å²) in [7, 11) is 0. The fourth-order valence-electron chi connectivity index (χ4n) is 1.69. The van der Waals surface area contributed by atoms with Gasteiger partial charge in [0, 0.05) is 16.9 Å². The third kappa shape index (κ3) is 2.86. The molecule has 0 fully saturated rings. The first kappa shape index (κ1) is 12.6. The van der Waals surface area contributed by atoms with Crippen LogP contribution in [0.25, 0.3) is 0 Å². The fraction of sp³-hybridized carbons (Fsp3) is 0.231. The van der Waals surface area contributed by atoms with Crippen LogP contribution in [0.5, 0.6) is 0 Å². The molecular weight excluding hydrogens is 259 g/mol. The molecule has 2 aromatic rings. The summed E-state index contributed by atoms with van der Waals surface area (Å²) >= 11 is 7.21. The van der Waals surface area contributed by atoms with E-state index in [4.69, 9.17) is 11.6 Å². The summed E-state index contributed by atoms with van der Waals surface area (Å²) in [6.45, 7) is 1.69. The molecule has 0 bridgehead atoms. The molecule has 0 radical (unpaired) electrons. The molecule has 0 aliphatic heterocycles. The third-order valence-electron chi connectivity index (χ3n) is 2.60. The number of hydrogen-bond acceptors (Lipinski definition) is 2. The van der Waals surface area contributed by atoms with Crippen LogP contribution in [-0.2, 0) is 6.42 Å². The largest absolute Gasteiger partial charge is 0.388 e. The number of rotatable bonds is 3. The van der Waals surface area contributed by atoms with E-state index in [2.05, 4.69) is 0 Å². The van der Waals surface area contributed by atoms with Crippen molar-refractivity contribution < 1.29 is 9.50 Å². The standard InChI is InChI=1S/C13H12ClFOS/c1-8-3-2-4-10(13(8)15)11(16)7-9-5-6-12(14)17-9/h2-6,11,16H,7H2,1H3. The molecule has 0 aliphatic rings. The lowest BCUT2D eigenvalue weighted by Gasteiger charge is -2.12. The highest BCUT2D eigenvalue weighted by Crippen LogP contribution is 2.28. The van der Waals surface area contributed by atoms with E-state index in [0.29, 0.717) is 21.9 Å². The number of aryl methyl sites for hydroxylation is 1. The van der Waals surface area contributed by atoms with Crippen LogP contribution >= 0.6 is 22.9 Å². The van der Waals surface area contributed by atoms with Gasteiger partial charge in [-0.05, 0) is 24.6 Å². The zero-order chi connectivity index (χ0) is 12.4. The molecule has 17 heavy (non-hydrogen) atoms. The second-order valence-corrected chi connectivity index (χ2v) is 5.70. The number of aliphatic hydroxyl groups is 1. The van der Waals surface area contributed by atoms with E-state index >= 15 is 0 Å². The van der Waals surface area contributed by atoms with Gasteiger partial charge in [0.15, 0.2) is 0 Å². The Hall–Kier alpha value is -0.900. The number of halogens is 2.